The predicted molar refractivity (Wildman–Crippen MR) is 88.6 cm³/mol. The second kappa shape index (κ2) is 5.17. The van der Waals surface area contributed by atoms with E-state index in [0.717, 1.165) is 0 Å². The highest BCUT2D eigenvalue weighted by Crippen LogP contribution is 2.50. The molecule has 1 aromatic carbocycles. The van der Waals surface area contributed by atoms with E-state index in [2.05, 4.69) is 70.1 Å². The summed E-state index contributed by atoms with van der Waals surface area (Å²) in [4.78, 5) is 2.14. The highest BCUT2D eigenvalue weighted by atomic mass is 16.5. The van der Waals surface area contributed by atoms with E-state index in [9.17, 15) is 0 Å². The minimum Gasteiger partial charge on any atom is -0.378 e. The van der Waals surface area contributed by atoms with Crippen molar-refractivity contribution in [3.63, 3.8) is 0 Å². The topological polar surface area (TPSA) is 12.5 Å². The van der Waals surface area contributed by atoms with Gasteiger partial charge in [-0.2, -0.15) is 0 Å². The molecule has 0 aromatic heterocycles. The zero-order valence-corrected chi connectivity index (χ0v) is 13.9. The van der Waals surface area contributed by atoms with Gasteiger partial charge in [0.05, 0.1) is 11.7 Å². The van der Waals surface area contributed by atoms with Crippen LogP contribution in [0, 0.1) is 11.8 Å². The van der Waals surface area contributed by atoms with Gasteiger partial charge < -0.3 is 9.64 Å². The third-order valence-electron chi connectivity index (χ3n) is 5.37. The molecule has 21 heavy (non-hydrogen) atoms. The van der Waals surface area contributed by atoms with E-state index < -0.39 is 0 Å². The lowest BCUT2D eigenvalue weighted by Gasteiger charge is -2.49. The number of hydrogen-bond donors (Lipinski definition) is 0. The quantitative estimate of drug-likeness (QED) is 0.738. The van der Waals surface area contributed by atoms with E-state index in [-0.39, 0.29) is 11.7 Å². The molecule has 1 saturated heterocycles. The van der Waals surface area contributed by atoms with Crippen molar-refractivity contribution in [2.24, 2.45) is 11.8 Å². The van der Waals surface area contributed by atoms with Crippen LogP contribution in [0.2, 0.25) is 0 Å². The summed E-state index contributed by atoms with van der Waals surface area (Å²) in [6.45, 7) is 6.77. The molecule has 2 heteroatoms. The molecule has 0 N–H and O–H groups in total. The second-order valence-electron chi connectivity index (χ2n) is 7.35. The maximum Gasteiger partial charge on any atom is 0.0897 e. The summed E-state index contributed by atoms with van der Waals surface area (Å²) in [5.74, 6) is 1.20. The van der Waals surface area contributed by atoms with Crippen LogP contribution >= 0.6 is 0 Å². The predicted octanol–water partition coefficient (Wildman–Crippen LogP) is 4.58. The monoisotopic (exact) mass is 285 g/mol. The smallest absolute Gasteiger partial charge is 0.0897 e. The van der Waals surface area contributed by atoms with Gasteiger partial charge in [0.25, 0.3) is 0 Å². The van der Waals surface area contributed by atoms with E-state index >= 15 is 0 Å². The molecule has 1 fully saturated rings. The van der Waals surface area contributed by atoms with E-state index in [4.69, 9.17) is 4.74 Å². The van der Waals surface area contributed by atoms with E-state index in [1.165, 1.54) is 29.7 Å². The number of hydrogen-bond acceptors (Lipinski definition) is 2. The number of ether oxygens (including phenoxy) is 1. The van der Waals surface area contributed by atoms with Gasteiger partial charge in [-0.15, -0.1) is 0 Å². The van der Waals surface area contributed by atoms with Gasteiger partial charge in [0.2, 0.25) is 0 Å². The van der Waals surface area contributed by atoms with Crippen molar-refractivity contribution in [3.8, 4) is 0 Å². The van der Waals surface area contributed by atoms with Crippen molar-refractivity contribution >= 4 is 5.69 Å². The number of anilines is 1. The second-order valence-corrected chi connectivity index (χ2v) is 7.35. The Morgan fingerprint density at radius 3 is 2.43 bits per heavy atom. The Hall–Kier alpha value is -1.28. The highest BCUT2D eigenvalue weighted by molar-refractivity contribution is 5.46. The molecule has 1 aliphatic heterocycles. The molecule has 2 bridgehead atoms. The van der Waals surface area contributed by atoms with Crippen LogP contribution in [0.4, 0.5) is 5.69 Å². The molecule has 114 valence electrons. The molecule has 0 saturated carbocycles. The lowest BCUT2D eigenvalue weighted by atomic mass is 9.69. The fourth-order valence-electron chi connectivity index (χ4n) is 3.77. The van der Waals surface area contributed by atoms with Crippen molar-refractivity contribution in [1.82, 2.24) is 0 Å². The van der Waals surface area contributed by atoms with Crippen molar-refractivity contribution < 1.29 is 4.74 Å². The van der Waals surface area contributed by atoms with Crippen LogP contribution in [0.25, 0.3) is 0 Å². The van der Waals surface area contributed by atoms with Crippen molar-refractivity contribution in [1.29, 1.82) is 0 Å². The first-order chi connectivity index (χ1) is 9.88. The molecule has 1 aromatic rings. The summed E-state index contributed by atoms with van der Waals surface area (Å²) in [6.07, 6.45) is 5.06. The average Bonchev–Trinajstić information content (AvgIpc) is 2.45. The average molecular weight is 285 g/mol. The minimum absolute atomic E-state index is 0.0292. The zero-order valence-electron chi connectivity index (χ0n) is 13.9. The van der Waals surface area contributed by atoms with Crippen LogP contribution in [0.15, 0.2) is 35.9 Å². The lowest BCUT2D eigenvalue weighted by Crippen LogP contribution is -2.45. The first-order valence-electron chi connectivity index (χ1n) is 8.00. The number of allylic oxidation sites excluding steroid dienone is 1. The van der Waals surface area contributed by atoms with Gasteiger partial charge in [0.1, 0.15) is 0 Å². The van der Waals surface area contributed by atoms with E-state index in [0.29, 0.717) is 11.8 Å². The number of nitrogens with zero attached hydrogens (tertiary/aromatic N) is 1. The molecule has 2 aliphatic rings. The molecule has 0 unspecified atom stereocenters. The molecule has 0 spiro atoms. The van der Waals surface area contributed by atoms with Gasteiger partial charge >= 0.3 is 0 Å². The van der Waals surface area contributed by atoms with Crippen LogP contribution in [0.3, 0.4) is 0 Å². The molecular weight excluding hydrogens is 258 g/mol. The Kier molecular flexibility index (Phi) is 3.61. The summed E-state index contributed by atoms with van der Waals surface area (Å²) in [5, 5.41) is 0. The van der Waals surface area contributed by atoms with Gasteiger partial charge in [-0.25, -0.2) is 0 Å². The zero-order chi connectivity index (χ0) is 15.2. The minimum atomic E-state index is -0.0292. The summed E-state index contributed by atoms with van der Waals surface area (Å²) in [6, 6.07) is 8.86. The first-order valence-corrected chi connectivity index (χ1v) is 8.00. The maximum absolute atomic E-state index is 6.54. The largest absolute Gasteiger partial charge is 0.378 e. The molecule has 0 amide bonds. The Morgan fingerprint density at radius 2 is 1.81 bits per heavy atom. The number of benzene rings is 1. The summed E-state index contributed by atoms with van der Waals surface area (Å²) >= 11 is 0. The molecule has 1 aliphatic carbocycles. The van der Waals surface area contributed by atoms with Gasteiger partial charge in [-0.1, -0.05) is 23.8 Å². The molecule has 3 rings (SSSR count). The fourth-order valence-corrected chi connectivity index (χ4v) is 3.77. The Labute approximate surface area is 128 Å². The van der Waals surface area contributed by atoms with E-state index in [1.54, 1.807) is 0 Å². The SMILES string of the molecule is CC1=CC[C@@H]2C[C@H]1[C@@H](c1ccc(N(C)C)cc1)OC2(C)C. The van der Waals surface area contributed by atoms with Gasteiger partial charge in [-0.05, 0) is 57.2 Å². The van der Waals surface area contributed by atoms with Crippen molar-refractivity contribution in [2.45, 2.75) is 45.3 Å². The van der Waals surface area contributed by atoms with Crippen molar-refractivity contribution in [2.75, 3.05) is 19.0 Å². The van der Waals surface area contributed by atoms with Crippen LogP contribution in [0.1, 0.15) is 45.3 Å². The van der Waals surface area contributed by atoms with Crippen LogP contribution in [0.5, 0.6) is 0 Å². The standard InChI is InChI=1S/C19H27NO/c1-13-6-9-15-12-17(13)18(21-19(15,2)3)14-7-10-16(11-8-14)20(4)5/h6-8,10-11,15,17-18H,9,12H2,1-5H3/t15-,17-,18-/m1/s1. The van der Waals surface area contributed by atoms with Crippen molar-refractivity contribution in [3.05, 3.63) is 41.5 Å². The highest BCUT2D eigenvalue weighted by Gasteiger charge is 2.45. The molecule has 3 atom stereocenters. The van der Waals surface area contributed by atoms with Crippen LogP contribution < -0.4 is 4.90 Å². The van der Waals surface area contributed by atoms with E-state index in [1.807, 2.05) is 0 Å². The third-order valence-corrected chi connectivity index (χ3v) is 5.37. The lowest BCUT2D eigenvalue weighted by molar-refractivity contribution is -0.166. The number of rotatable bonds is 2. The van der Waals surface area contributed by atoms with Gasteiger partial charge in [-0.3, -0.25) is 0 Å². The first kappa shape index (κ1) is 14.6. The summed E-state index contributed by atoms with van der Waals surface area (Å²) < 4.78 is 6.54. The Bertz CT molecular complexity index is 541. The maximum atomic E-state index is 6.54. The number of fused-ring (bicyclic) bond motifs is 2. The van der Waals surface area contributed by atoms with Crippen LogP contribution in [-0.2, 0) is 4.74 Å². The summed E-state index contributed by atoms with van der Waals surface area (Å²) in [5.41, 5.74) is 4.02. The van der Waals surface area contributed by atoms with Gasteiger partial charge in [0, 0.05) is 25.7 Å². The molecule has 1 heterocycles. The Morgan fingerprint density at radius 1 is 1.14 bits per heavy atom. The van der Waals surface area contributed by atoms with Gasteiger partial charge in [0.15, 0.2) is 0 Å². The normalized spacial score (nSPS) is 30.7. The molecule has 0 radical (unpaired) electrons. The van der Waals surface area contributed by atoms with Crippen LogP contribution in [-0.4, -0.2) is 19.7 Å². The molecule has 2 nitrogen and oxygen atoms in total. The summed E-state index contributed by atoms with van der Waals surface area (Å²) in [7, 11) is 4.15. The third kappa shape index (κ3) is 2.62. The molecular formula is C19H27NO. The fraction of sp³-hybridized carbons (Fsp3) is 0.579. The Balaban J connectivity index is 1.92.